The van der Waals surface area contributed by atoms with E-state index in [-0.39, 0.29) is 12.0 Å². The highest BCUT2D eigenvalue weighted by atomic mass is 15.2. The molecular formula is C43H45N3. The summed E-state index contributed by atoms with van der Waals surface area (Å²) in [6.07, 6.45) is 10.6. The second kappa shape index (κ2) is 15.7. The summed E-state index contributed by atoms with van der Waals surface area (Å²) in [4.78, 5) is 2.29. The number of fused-ring (bicyclic) bond motifs is 2. The van der Waals surface area contributed by atoms with Gasteiger partial charge in [0.05, 0.1) is 0 Å². The van der Waals surface area contributed by atoms with Crippen LogP contribution in [0.2, 0.25) is 0 Å². The Labute approximate surface area is 275 Å². The summed E-state index contributed by atoms with van der Waals surface area (Å²) in [5.41, 5.74) is 19.8. The molecule has 0 spiro atoms. The van der Waals surface area contributed by atoms with Gasteiger partial charge in [-0.05, 0) is 84.5 Å². The van der Waals surface area contributed by atoms with Crippen LogP contribution < -0.4 is 10.6 Å². The standard InChI is InChI=1S/C33H29N.C10H16N2/c1-5-13-31(28-17-10-9-14-23(28)2)26-20-21-30-25(4)34(27-15-7-6-8-16-27)33-19-12-11-18-29(33)24(3)32(30)22-26;1-4-8(2)7-10(12)9(3)5-6-11/h5-22,24H,1,4H2,2-3H3;4-7,10-11H,1,12H2,2-3H3/b31-13-;8-7-,9-5+,11-6?. The Kier molecular flexibility index (Phi) is 11.4. The van der Waals surface area contributed by atoms with Gasteiger partial charge in [-0.2, -0.15) is 0 Å². The first kappa shape index (κ1) is 33.6. The molecule has 3 N–H and O–H groups in total. The minimum Gasteiger partial charge on any atom is -0.321 e. The van der Waals surface area contributed by atoms with Crippen molar-refractivity contribution in [3.63, 3.8) is 0 Å². The third-order valence-electron chi connectivity index (χ3n) is 8.42. The Morgan fingerprint density at radius 1 is 0.870 bits per heavy atom. The van der Waals surface area contributed by atoms with Gasteiger partial charge in [0, 0.05) is 40.8 Å². The molecule has 0 fully saturated rings. The van der Waals surface area contributed by atoms with Gasteiger partial charge in [-0.15, -0.1) is 0 Å². The van der Waals surface area contributed by atoms with Crippen LogP contribution in [0, 0.1) is 12.3 Å². The normalized spacial score (nSPS) is 15.4. The monoisotopic (exact) mass is 603 g/mol. The maximum absolute atomic E-state index is 6.86. The number of aryl methyl sites for hydroxylation is 1. The van der Waals surface area contributed by atoms with Gasteiger partial charge in [-0.1, -0.05) is 135 Å². The zero-order valence-corrected chi connectivity index (χ0v) is 27.5. The largest absolute Gasteiger partial charge is 0.321 e. The van der Waals surface area contributed by atoms with Crippen LogP contribution in [0.1, 0.15) is 60.1 Å². The molecule has 5 rings (SSSR count). The fourth-order valence-corrected chi connectivity index (χ4v) is 5.77. The first-order chi connectivity index (χ1) is 22.2. The Hall–Kier alpha value is -5.25. The molecule has 2 atom stereocenters. The Balaban J connectivity index is 0.000000342. The molecule has 1 heterocycles. The molecule has 46 heavy (non-hydrogen) atoms. The summed E-state index contributed by atoms with van der Waals surface area (Å²) < 4.78 is 0. The maximum Gasteiger partial charge on any atom is 0.0499 e. The number of anilines is 2. The second-order valence-corrected chi connectivity index (χ2v) is 11.5. The molecule has 4 aromatic rings. The molecule has 2 unspecified atom stereocenters. The molecule has 3 nitrogen and oxygen atoms in total. The van der Waals surface area contributed by atoms with E-state index < -0.39 is 0 Å². The van der Waals surface area contributed by atoms with Crippen LogP contribution in [-0.4, -0.2) is 12.3 Å². The van der Waals surface area contributed by atoms with Crippen molar-refractivity contribution in [2.24, 2.45) is 5.73 Å². The summed E-state index contributed by atoms with van der Waals surface area (Å²) in [6.45, 7) is 20.5. The van der Waals surface area contributed by atoms with Crippen LogP contribution in [0.4, 0.5) is 11.4 Å². The highest BCUT2D eigenvalue weighted by Crippen LogP contribution is 2.46. The molecule has 232 valence electrons. The van der Waals surface area contributed by atoms with Crippen LogP contribution in [0.15, 0.2) is 158 Å². The van der Waals surface area contributed by atoms with Gasteiger partial charge in [0.25, 0.3) is 0 Å². The smallest absolute Gasteiger partial charge is 0.0499 e. The Morgan fingerprint density at radius 2 is 1.54 bits per heavy atom. The SMILES string of the molecule is C=C/C(C)=C\C(N)/C(C)=C/C=N.C=C/C=C(/c1ccc2c(c1)C(C)c1ccccc1N(c1ccccc1)C2=C)c1ccccc1C. The highest BCUT2D eigenvalue weighted by molar-refractivity contribution is 5.92. The Morgan fingerprint density at radius 3 is 2.22 bits per heavy atom. The van der Waals surface area contributed by atoms with E-state index in [4.69, 9.17) is 11.1 Å². The van der Waals surface area contributed by atoms with E-state index in [1.54, 1.807) is 12.2 Å². The average Bonchev–Trinajstić information content (AvgIpc) is 3.16. The lowest BCUT2D eigenvalue weighted by molar-refractivity contribution is 0.924. The molecule has 0 saturated heterocycles. The van der Waals surface area contributed by atoms with Crippen LogP contribution in [0.5, 0.6) is 0 Å². The summed E-state index contributed by atoms with van der Waals surface area (Å²) in [6, 6.07) is 34.4. The van der Waals surface area contributed by atoms with E-state index >= 15 is 0 Å². The van der Waals surface area contributed by atoms with Crippen molar-refractivity contribution in [2.75, 3.05) is 4.90 Å². The fraction of sp³-hybridized carbons (Fsp3) is 0.140. The van der Waals surface area contributed by atoms with Crippen molar-refractivity contribution in [3.05, 3.63) is 192 Å². The zero-order valence-electron chi connectivity index (χ0n) is 27.5. The third kappa shape index (κ3) is 7.51. The second-order valence-electron chi connectivity index (χ2n) is 11.5. The van der Waals surface area contributed by atoms with E-state index in [1.807, 2.05) is 26.0 Å². The number of nitrogens with zero attached hydrogens (tertiary/aromatic N) is 1. The molecule has 1 aliphatic heterocycles. The molecular weight excluding hydrogens is 558 g/mol. The number of nitrogens with one attached hydrogen (secondary N) is 1. The molecule has 0 aromatic heterocycles. The Bertz CT molecular complexity index is 1820. The van der Waals surface area contributed by atoms with E-state index in [2.05, 4.69) is 142 Å². The van der Waals surface area contributed by atoms with Crippen molar-refractivity contribution >= 4 is 28.9 Å². The lowest BCUT2D eigenvalue weighted by Gasteiger charge is -2.27. The predicted octanol–water partition coefficient (Wildman–Crippen LogP) is 10.9. The number of rotatable bonds is 8. The average molecular weight is 604 g/mol. The molecule has 0 radical (unpaired) electrons. The van der Waals surface area contributed by atoms with E-state index in [1.165, 1.54) is 50.9 Å². The van der Waals surface area contributed by atoms with Crippen LogP contribution in [0.3, 0.4) is 0 Å². The van der Waals surface area contributed by atoms with Gasteiger partial charge < -0.3 is 16.0 Å². The van der Waals surface area contributed by atoms with Crippen molar-refractivity contribution < 1.29 is 0 Å². The van der Waals surface area contributed by atoms with Crippen molar-refractivity contribution in [2.45, 2.75) is 39.7 Å². The van der Waals surface area contributed by atoms with Gasteiger partial charge in [0.2, 0.25) is 0 Å². The zero-order chi connectivity index (χ0) is 33.2. The van der Waals surface area contributed by atoms with Crippen LogP contribution in [0.25, 0.3) is 11.3 Å². The quantitative estimate of drug-likeness (QED) is 0.155. The molecule has 0 bridgehead atoms. The summed E-state index contributed by atoms with van der Waals surface area (Å²) in [5, 5.41) is 6.86. The maximum atomic E-state index is 6.86. The van der Waals surface area contributed by atoms with Gasteiger partial charge >= 0.3 is 0 Å². The first-order valence-corrected chi connectivity index (χ1v) is 15.6. The van der Waals surface area contributed by atoms with E-state index in [0.29, 0.717) is 0 Å². The third-order valence-corrected chi connectivity index (χ3v) is 8.42. The fourth-order valence-electron chi connectivity index (χ4n) is 5.77. The summed E-state index contributed by atoms with van der Waals surface area (Å²) in [5.74, 6) is 0.221. The summed E-state index contributed by atoms with van der Waals surface area (Å²) >= 11 is 0. The van der Waals surface area contributed by atoms with Crippen LogP contribution >= 0.6 is 0 Å². The molecule has 3 heteroatoms. The molecule has 0 saturated carbocycles. The molecule has 1 aliphatic rings. The molecule has 0 aliphatic carbocycles. The van der Waals surface area contributed by atoms with Crippen molar-refractivity contribution in [1.82, 2.24) is 0 Å². The lowest BCUT2D eigenvalue weighted by Crippen LogP contribution is -2.18. The molecule has 0 amide bonds. The number of benzene rings is 4. The minimum absolute atomic E-state index is 0.107. The van der Waals surface area contributed by atoms with Crippen LogP contribution in [-0.2, 0) is 0 Å². The predicted molar refractivity (Wildman–Crippen MR) is 201 cm³/mol. The van der Waals surface area contributed by atoms with E-state index in [9.17, 15) is 0 Å². The van der Waals surface area contributed by atoms with Gasteiger partial charge in [-0.3, -0.25) is 0 Å². The topological polar surface area (TPSA) is 53.1 Å². The van der Waals surface area contributed by atoms with Crippen molar-refractivity contribution in [3.8, 4) is 0 Å². The number of para-hydroxylation sites is 2. The highest BCUT2D eigenvalue weighted by Gasteiger charge is 2.28. The minimum atomic E-state index is -0.107. The van der Waals surface area contributed by atoms with Gasteiger partial charge in [-0.25, -0.2) is 0 Å². The summed E-state index contributed by atoms with van der Waals surface area (Å²) in [7, 11) is 0. The number of hydrogen-bond acceptors (Lipinski definition) is 3. The van der Waals surface area contributed by atoms with Crippen molar-refractivity contribution in [1.29, 1.82) is 5.41 Å². The lowest BCUT2D eigenvalue weighted by atomic mass is 9.85. The van der Waals surface area contributed by atoms with Gasteiger partial charge in [0.15, 0.2) is 0 Å². The van der Waals surface area contributed by atoms with Gasteiger partial charge in [0.1, 0.15) is 0 Å². The van der Waals surface area contributed by atoms with E-state index in [0.717, 1.165) is 22.5 Å². The number of nitrogens with two attached hydrogens (primary N) is 1. The number of allylic oxidation sites excluding steroid dienone is 5. The number of hydrogen-bond donors (Lipinski definition) is 2. The first-order valence-electron chi connectivity index (χ1n) is 15.6. The molecule has 4 aromatic carbocycles.